The van der Waals surface area contributed by atoms with E-state index in [0.29, 0.717) is 12.1 Å². The van der Waals surface area contributed by atoms with E-state index in [1.807, 2.05) is 0 Å². The zero-order valence-corrected chi connectivity index (χ0v) is 9.00. The molecule has 0 aliphatic heterocycles. The highest BCUT2D eigenvalue weighted by Gasteiger charge is 2.17. The zero-order chi connectivity index (χ0) is 10.0. The maximum Gasteiger partial charge on any atom is 0.197 e. The average Bonchev–Trinajstić information content (AvgIpc) is 2.11. The van der Waals surface area contributed by atoms with E-state index in [0.717, 1.165) is 10.2 Å². The highest BCUT2D eigenvalue weighted by molar-refractivity contribution is 6.08. The van der Waals surface area contributed by atoms with E-state index in [1.165, 1.54) is 0 Å². The van der Waals surface area contributed by atoms with E-state index in [1.54, 1.807) is 0 Å². The molecule has 1 aromatic rings. The first-order valence-electron chi connectivity index (χ1n) is 3.89. The maximum atomic E-state index is 12.9. The van der Waals surface area contributed by atoms with Crippen LogP contribution in [0.2, 0.25) is 6.04 Å². The van der Waals surface area contributed by atoms with Crippen molar-refractivity contribution in [3.8, 4) is 0 Å². The molecule has 72 valence electrons. The molecule has 0 atom stereocenters. The Labute approximate surface area is 76.0 Å². The Morgan fingerprint density at radius 3 is 2.15 bits per heavy atom. The second-order valence-corrected chi connectivity index (χ2v) is 3.71. The van der Waals surface area contributed by atoms with Gasteiger partial charge in [-0.05, 0) is 18.1 Å². The van der Waals surface area contributed by atoms with Crippen LogP contribution in [0.1, 0.15) is 5.56 Å². The van der Waals surface area contributed by atoms with E-state index < -0.39 is 23.3 Å². The monoisotopic (exact) mass is 208 g/mol. The SMILES string of the molecule is Fc1cc(CC[SiH3])c(F)c(F)c1F. The van der Waals surface area contributed by atoms with E-state index in [-0.39, 0.29) is 12.0 Å². The Kier molecular flexibility index (Phi) is 3.08. The molecule has 1 rings (SSSR count). The van der Waals surface area contributed by atoms with Gasteiger partial charge in [0.05, 0.1) is 0 Å². The Morgan fingerprint density at radius 2 is 1.62 bits per heavy atom. The third-order valence-corrected chi connectivity index (χ3v) is 2.20. The van der Waals surface area contributed by atoms with Crippen LogP contribution in [-0.2, 0) is 6.42 Å². The van der Waals surface area contributed by atoms with Gasteiger partial charge in [0, 0.05) is 10.2 Å². The Balaban J connectivity index is 3.24. The van der Waals surface area contributed by atoms with Gasteiger partial charge in [-0.15, -0.1) is 0 Å². The van der Waals surface area contributed by atoms with Gasteiger partial charge in [0.15, 0.2) is 23.3 Å². The molecule has 0 amide bonds. The smallest absolute Gasteiger partial charge is 0.197 e. The first kappa shape index (κ1) is 10.2. The van der Waals surface area contributed by atoms with E-state index in [2.05, 4.69) is 0 Å². The number of aryl methyl sites for hydroxylation is 1. The predicted octanol–water partition coefficient (Wildman–Crippen LogP) is 1.57. The molecule has 0 heterocycles. The Bertz CT molecular complexity index is 324. The first-order valence-corrected chi connectivity index (χ1v) is 5.31. The van der Waals surface area contributed by atoms with Crippen LogP contribution < -0.4 is 0 Å². The van der Waals surface area contributed by atoms with Crippen molar-refractivity contribution in [3.05, 3.63) is 34.9 Å². The van der Waals surface area contributed by atoms with Gasteiger partial charge in [-0.1, -0.05) is 6.04 Å². The van der Waals surface area contributed by atoms with Gasteiger partial charge in [-0.3, -0.25) is 0 Å². The Hall–Kier alpha value is -0.843. The molecule has 0 aliphatic rings. The molecule has 0 fully saturated rings. The minimum Gasteiger partial charge on any atom is -0.204 e. The molecule has 1 aromatic carbocycles. The largest absolute Gasteiger partial charge is 0.204 e. The van der Waals surface area contributed by atoms with Crippen molar-refractivity contribution in [2.45, 2.75) is 12.5 Å². The Morgan fingerprint density at radius 1 is 1.00 bits per heavy atom. The molecule has 0 saturated carbocycles. The summed E-state index contributed by atoms with van der Waals surface area (Å²) in [5.74, 6) is -6.06. The molecular weight excluding hydrogens is 200 g/mol. The lowest BCUT2D eigenvalue weighted by molar-refractivity contribution is 0.404. The third-order valence-electron chi connectivity index (χ3n) is 1.70. The minimum absolute atomic E-state index is 0.0913. The number of hydrogen-bond acceptors (Lipinski definition) is 0. The highest BCUT2D eigenvalue weighted by Crippen LogP contribution is 2.19. The molecule has 0 radical (unpaired) electrons. The summed E-state index contributed by atoms with van der Waals surface area (Å²) in [6.45, 7) is 0. The number of rotatable bonds is 2. The predicted molar refractivity (Wildman–Crippen MR) is 44.7 cm³/mol. The summed E-state index contributed by atoms with van der Waals surface area (Å²) in [7, 11) is 0.810. The lowest BCUT2D eigenvalue weighted by atomic mass is 10.1. The van der Waals surface area contributed by atoms with Crippen LogP contribution >= 0.6 is 0 Å². The molecule has 5 heteroatoms. The van der Waals surface area contributed by atoms with E-state index >= 15 is 0 Å². The number of benzene rings is 1. The van der Waals surface area contributed by atoms with Crippen LogP contribution in [0.25, 0.3) is 0 Å². The van der Waals surface area contributed by atoms with Crippen molar-refractivity contribution in [1.29, 1.82) is 0 Å². The lowest BCUT2D eigenvalue weighted by Gasteiger charge is -2.03. The summed E-state index contributed by atoms with van der Waals surface area (Å²) in [5.41, 5.74) is -0.0913. The normalized spacial score (nSPS) is 10.8. The summed E-state index contributed by atoms with van der Waals surface area (Å²) in [5, 5.41) is 0. The number of hydrogen-bond donors (Lipinski definition) is 0. The summed E-state index contributed by atoms with van der Waals surface area (Å²) >= 11 is 0. The van der Waals surface area contributed by atoms with Crippen LogP contribution in [0.4, 0.5) is 17.6 Å². The molecule has 0 bridgehead atoms. The molecule has 0 aliphatic carbocycles. The number of halogens is 4. The van der Waals surface area contributed by atoms with Crippen molar-refractivity contribution in [1.82, 2.24) is 0 Å². The van der Waals surface area contributed by atoms with E-state index in [9.17, 15) is 17.6 Å². The van der Waals surface area contributed by atoms with Crippen molar-refractivity contribution in [2.75, 3.05) is 0 Å². The topological polar surface area (TPSA) is 0 Å². The molecule has 0 nitrogen and oxygen atoms in total. The summed E-state index contributed by atoms with van der Waals surface area (Å²) in [4.78, 5) is 0. The van der Waals surface area contributed by atoms with Gasteiger partial charge >= 0.3 is 0 Å². The average molecular weight is 208 g/mol. The van der Waals surface area contributed by atoms with Crippen LogP contribution in [0.5, 0.6) is 0 Å². The summed E-state index contributed by atoms with van der Waals surface area (Å²) in [6.07, 6.45) is 0.256. The van der Waals surface area contributed by atoms with Crippen molar-refractivity contribution < 1.29 is 17.6 Å². The summed E-state index contributed by atoms with van der Waals surface area (Å²) in [6, 6.07) is 1.40. The van der Waals surface area contributed by atoms with Crippen molar-refractivity contribution >= 4 is 10.2 Å². The minimum atomic E-state index is -1.74. The first-order chi connectivity index (χ1) is 6.07. The quantitative estimate of drug-likeness (QED) is 0.299. The van der Waals surface area contributed by atoms with Gasteiger partial charge in [0.25, 0.3) is 0 Å². The van der Waals surface area contributed by atoms with Crippen molar-refractivity contribution in [3.63, 3.8) is 0 Å². The van der Waals surface area contributed by atoms with Gasteiger partial charge < -0.3 is 0 Å². The van der Waals surface area contributed by atoms with E-state index in [4.69, 9.17) is 0 Å². The fourth-order valence-corrected chi connectivity index (χ4v) is 1.61. The molecule has 0 spiro atoms. The molecule has 13 heavy (non-hydrogen) atoms. The van der Waals surface area contributed by atoms with Crippen molar-refractivity contribution in [2.24, 2.45) is 0 Å². The van der Waals surface area contributed by atoms with Crippen LogP contribution in [0, 0.1) is 23.3 Å². The van der Waals surface area contributed by atoms with Gasteiger partial charge in [0.1, 0.15) is 0 Å². The lowest BCUT2D eigenvalue weighted by Crippen LogP contribution is -2.01. The highest BCUT2D eigenvalue weighted by atomic mass is 28.1. The third kappa shape index (κ3) is 1.91. The molecule has 0 N–H and O–H groups in total. The van der Waals surface area contributed by atoms with Crippen LogP contribution in [-0.4, -0.2) is 10.2 Å². The standard InChI is InChI=1S/C8H8F4Si/c9-5-3-4(1-2-13)6(10)8(12)7(5)11/h3H,1-2H2,13H3. The summed E-state index contributed by atoms with van der Waals surface area (Å²) < 4.78 is 50.5. The van der Waals surface area contributed by atoms with Crippen LogP contribution in [0.3, 0.4) is 0 Å². The molecule has 0 aromatic heterocycles. The van der Waals surface area contributed by atoms with Crippen LogP contribution in [0.15, 0.2) is 6.07 Å². The van der Waals surface area contributed by atoms with Gasteiger partial charge in [-0.2, -0.15) is 0 Å². The second kappa shape index (κ2) is 3.91. The zero-order valence-electron chi connectivity index (χ0n) is 7.00. The van der Waals surface area contributed by atoms with Gasteiger partial charge in [0.2, 0.25) is 0 Å². The molecule has 0 unspecified atom stereocenters. The molecule has 0 saturated heterocycles. The fourth-order valence-electron chi connectivity index (χ4n) is 1.07. The second-order valence-electron chi connectivity index (χ2n) is 2.71. The maximum absolute atomic E-state index is 12.9. The molecular formula is C8H8F4Si. The van der Waals surface area contributed by atoms with Gasteiger partial charge in [-0.25, -0.2) is 17.6 Å². The fraction of sp³-hybridized carbons (Fsp3) is 0.250.